The Hall–Kier alpha value is -5.67. The van der Waals surface area contributed by atoms with Crippen LogP contribution in [0.5, 0.6) is 0 Å². The average molecular weight is 666 g/mol. The molecule has 0 unspecified atom stereocenters. The summed E-state index contributed by atoms with van der Waals surface area (Å²) in [5.41, 5.74) is 9.91. The molecule has 0 N–H and O–H groups in total. The van der Waals surface area contributed by atoms with Crippen LogP contribution >= 0.6 is 0 Å². The molecule has 0 bridgehead atoms. The van der Waals surface area contributed by atoms with Gasteiger partial charge in [0.1, 0.15) is 0 Å². The standard InChI is InChI=1S/C43H28N3Se/c47-40-37(31-14-6-2-7-15-31)19-11-21-39(40)38-20-10-18-34-28-35(26-27-36(34)38)43-45-41(32-16-8-3-9-17-32)44-42(46-43)33-24-22-30(23-25-33)29-12-4-1-5-13-29/h1-28H. The van der Waals surface area contributed by atoms with Crippen LogP contribution in [-0.2, 0) is 0 Å². The van der Waals surface area contributed by atoms with E-state index in [1.807, 2.05) is 36.4 Å². The van der Waals surface area contributed by atoms with E-state index in [9.17, 15) is 0 Å². The van der Waals surface area contributed by atoms with Crippen molar-refractivity contribution in [3.63, 3.8) is 0 Å². The molecule has 0 spiro atoms. The third kappa shape index (κ3) is 5.77. The zero-order valence-corrected chi connectivity index (χ0v) is 27.1. The summed E-state index contributed by atoms with van der Waals surface area (Å²) in [6.45, 7) is 0. The second-order valence-electron chi connectivity index (χ2n) is 11.4. The van der Waals surface area contributed by atoms with Gasteiger partial charge in [0.25, 0.3) is 0 Å². The predicted octanol–water partition coefficient (Wildman–Crippen LogP) is 9.82. The van der Waals surface area contributed by atoms with Crippen molar-refractivity contribution in [1.82, 2.24) is 15.0 Å². The van der Waals surface area contributed by atoms with Crippen LogP contribution in [0.2, 0.25) is 0 Å². The van der Waals surface area contributed by atoms with Gasteiger partial charge in [-0.05, 0) is 11.1 Å². The van der Waals surface area contributed by atoms with Crippen LogP contribution < -0.4 is 4.46 Å². The minimum absolute atomic E-state index is 0.642. The Labute approximate surface area is 282 Å². The summed E-state index contributed by atoms with van der Waals surface area (Å²) in [4.78, 5) is 14.9. The molecule has 0 saturated heterocycles. The number of aromatic nitrogens is 3. The van der Waals surface area contributed by atoms with Crippen LogP contribution in [0.1, 0.15) is 0 Å². The maximum absolute atomic E-state index is 5.02. The first-order valence-corrected chi connectivity index (χ1v) is 16.4. The summed E-state index contributed by atoms with van der Waals surface area (Å²) in [5, 5.41) is 2.30. The van der Waals surface area contributed by atoms with Crippen LogP contribution in [0, 0.1) is 0 Å². The Morgan fingerprint density at radius 1 is 0.319 bits per heavy atom. The molecule has 0 aliphatic heterocycles. The molecule has 0 aliphatic rings. The first-order valence-electron chi connectivity index (χ1n) is 15.6. The van der Waals surface area contributed by atoms with E-state index in [0.717, 1.165) is 32.1 Å². The van der Waals surface area contributed by atoms with E-state index in [2.05, 4.69) is 149 Å². The van der Waals surface area contributed by atoms with Gasteiger partial charge in [-0.1, -0.05) is 60.7 Å². The van der Waals surface area contributed by atoms with E-state index in [4.69, 9.17) is 15.0 Å². The van der Waals surface area contributed by atoms with E-state index in [1.54, 1.807) is 0 Å². The van der Waals surface area contributed by atoms with Gasteiger partial charge in [0.15, 0.2) is 0 Å². The van der Waals surface area contributed by atoms with Crippen molar-refractivity contribution in [2.75, 3.05) is 0 Å². The molecule has 221 valence electrons. The number of nitrogens with zero attached hydrogens (tertiary/aromatic N) is 3. The van der Waals surface area contributed by atoms with Gasteiger partial charge in [0, 0.05) is 0 Å². The van der Waals surface area contributed by atoms with Crippen molar-refractivity contribution in [3.8, 4) is 67.5 Å². The van der Waals surface area contributed by atoms with Crippen molar-refractivity contribution in [2.45, 2.75) is 0 Å². The van der Waals surface area contributed by atoms with Crippen molar-refractivity contribution < 1.29 is 0 Å². The molecule has 0 aliphatic carbocycles. The van der Waals surface area contributed by atoms with Crippen molar-refractivity contribution in [1.29, 1.82) is 0 Å². The minimum atomic E-state index is 0.642. The molecule has 8 aromatic rings. The fraction of sp³-hybridized carbons (Fsp3) is 0. The van der Waals surface area contributed by atoms with E-state index < -0.39 is 0 Å². The van der Waals surface area contributed by atoms with Gasteiger partial charge < -0.3 is 0 Å². The van der Waals surface area contributed by atoms with Crippen LogP contribution in [0.25, 0.3) is 78.3 Å². The van der Waals surface area contributed by atoms with Gasteiger partial charge in [0.2, 0.25) is 0 Å². The van der Waals surface area contributed by atoms with Gasteiger partial charge in [-0.2, -0.15) is 0 Å². The molecule has 1 radical (unpaired) electrons. The quantitative estimate of drug-likeness (QED) is 0.166. The summed E-state index contributed by atoms with van der Waals surface area (Å²) < 4.78 is 1.14. The van der Waals surface area contributed by atoms with E-state index >= 15 is 0 Å². The first-order chi connectivity index (χ1) is 23.2. The van der Waals surface area contributed by atoms with Gasteiger partial charge in [-0.25, -0.2) is 0 Å². The van der Waals surface area contributed by atoms with E-state index in [-0.39, 0.29) is 0 Å². The van der Waals surface area contributed by atoms with Crippen LogP contribution in [0.4, 0.5) is 0 Å². The zero-order chi connectivity index (χ0) is 31.6. The number of hydrogen-bond donors (Lipinski definition) is 0. The predicted molar refractivity (Wildman–Crippen MR) is 195 cm³/mol. The molecule has 0 atom stereocenters. The number of rotatable bonds is 6. The van der Waals surface area contributed by atoms with Gasteiger partial charge in [-0.3, -0.25) is 0 Å². The van der Waals surface area contributed by atoms with Gasteiger partial charge in [0.05, 0.1) is 0 Å². The third-order valence-corrected chi connectivity index (χ3v) is 9.37. The molecular formula is C43H28N3Se. The molecule has 0 fully saturated rings. The fourth-order valence-corrected chi connectivity index (χ4v) is 6.81. The Bertz CT molecular complexity index is 2340. The zero-order valence-electron chi connectivity index (χ0n) is 25.4. The van der Waals surface area contributed by atoms with Crippen LogP contribution in [-0.4, -0.2) is 31.0 Å². The van der Waals surface area contributed by atoms with E-state index in [0.29, 0.717) is 17.5 Å². The second-order valence-corrected chi connectivity index (χ2v) is 12.3. The maximum atomic E-state index is 5.02. The van der Waals surface area contributed by atoms with Crippen LogP contribution in [0.3, 0.4) is 0 Å². The van der Waals surface area contributed by atoms with Gasteiger partial charge >= 0.3 is 212 Å². The average Bonchev–Trinajstić information content (AvgIpc) is 3.15. The Balaban J connectivity index is 1.22. The molecule has 0 amide bonds. The van der Waals surface area contributed by atoms with E-state index in [1.165, 1.54) is 33.2 Å². The number of benzene rings is 7. The monoisotopic (exact) mass is 666 g/mol. The van der Waals surface area contributed by atoms with Gasteiger partial charge in [-0.15, -0.1) is 0 Å². The molecule has 47 heavy (non-hydrogen) atoms. The second kappa shape index (κ2) is 12.6. The molecule has 7 aromatic carbocycles. The van der Waals surface area contributed by atoms with Crippen LogP contribution in [0.15, 0.2) is 170 Å². The normalized spacial score (nSPS) is 11.1. The third-order valence-electron chi connectivity index (χ3n) is 8.45. The summed E-state index contributed by atoms with van der Waals surface area (Å²) in [6.07, 6.45) is 0. The summed E-state index contributed by atoms with van der Waals surface area (Å²) in [6, 6.07) is 58.9. The summed E-state index contributed by atoms with van der Waals surface area (Å²) in [7, 11) is 0. The Morgan fingerprint density at radius 2 is 0.766 bits per heavy atom. The summed E-state index contributed by atoms with van der Waals surface area (Å²) >= 11 is 3.37. The Morgan fingerprint density at radius 3 is 1.43 bits per heavy atom. The first kappa shape index (κ1) is 28.8. The molecular weight excluding hydrogens is 637 g/mol. The Kier molecular flexibility index (Phi) is 7.72. The molecule has 8 rings (SSSR count). The topological polar surface area (TPSA) is 38.7 Å². The molecule has 4 heteroatoms. The molecule has 1 heterocycles. The number of fused-ring (bicyclic) bond motifs is 1. The van der Waals surface area contributed by atoms with Crippen molar-refractivity contribution in [2.24, 2.45) is 0 Å². The SMILES string of the molecule is [Se]c1c(-c2ccccc2)cccc1-c1cccc2cc(-c3nc(-c4ccccc4)nc(-c4ccc(-c5ccccc5)cc4)n3)ccc12. The summed E-state index contributed by atoms with van der Waals surface area (Å²) in [5.74, 6) is 1.94. The number of hydrogen-bond acceptors (Lipinski definition) is 3. The molecule has 3 nitrogen and oxygen atoms in total. The molecule has 1 aromatic heterocycles. The van der Waals surface area contributed by atoms with Crippen molar-refractivity contribution >= 4 is 31.2 Å². The fourth-order valence-electron chi connectivity index (χ4n) is 6.04. The van der Waals surface area contributed by atoms with Crippen molar-refractivity contribution in [3.05, 3.63) is 170 Å². The molecule has 0 saturated carbocycles.